The summed E-state index contributed by atoms with van der Waals surface area (Å²) in [6, 6.07) is 7.62. The molecule has 0 atom stereocenters. The van der Waals surface area contributed by atoms with Gasteiger partial charge >= 0.3 is 0 Å². The highest BCUT2D eigenvalue weighted by molar-refractivity contribution is 5.81. The van der Waals surface area contributed by atoms with Crippen molar-refractivity contribution in [3.05, 3.63) is 41.8 Å². The molecule has 1 saturated carbocycles. The van der Waals surface area contributed by atoms with Crippen LogP contribution in [0.4, 0.5) is 4.39 Å². The molecule has 3 heteroatoms. The molecule has 1 aromatic carbocycles. The van der Waals surface area contributed by atoms with Crippen molar-refractivity contribution in [2.75, 3.05) is 7.05 Å². The van der Waals surface area contributed by atoms with Crippen LogP contribution in [0.5, 0.6) is 0 Å². The molecule has 1 aromatic heterocycles. The molecular weight excluding hydrogens is 263 g/mol. The molecule has 1 heterocycles. The Morgan fingerprint density at radius 3 is 2.71 bits per heavy atom. The van der Waals surface area contributed by atoms with Gasteiger partial charge in [-0.15, -0.1) is 0 Å². The molecule has 3 rings (SSSR count). The van der Waals surface area contributed by atoms with Gasteiger partial charge in [0.1, 0.15) is 5.82 Å². The van der Waals surface area contributed by atoms with Gasteiger partial charge in [-0.25, -0.2) is 4.39 Å². The molecule has 0 amide bonds. The van der Waals surface area contributed by atoms with Gasteiger partial charge in [0.15, 0.2) is 0 Å². The average Bonchev–Trinajstić information content (AvgIpc) is 2.76. The van der Waals surface area contributed by atoms with Crippen LogP contribution in [0.25, 0.3) is 10.9 Å². The van der Waals surface area contributed by atoms with Gasteiger partial charge in [-0.1, -0.05) is 31.7 Å². The summed E-state index contributed by atoms with van der Waals surface area (Å²) in [5.74, 6) is -0.167. The zero-order chi connectivity index (χ0) is 14.7. The second kappa shape index (κ2) is 6.52. The van der Waals surface area contributed by atoms with Crippen LogP contribution >= 0.6 is 0 Å². The fraction of sp³-hybridized carbons (Fsp3) is 0.500. The molecular formula is C18H23FN2. The number of hydrogen-bond donors (Lipinski definition) is 0. The van der Waals surface area contributed by atoms with Crippen molar-refractivity contribution in [2.24, 2.45) is 0 Å². The van der Waals surface area contributed by atoms with Gasteiger partial charge in [-0.3, -0.25) is 9.88 Å². The molecule has 21 heavy (non-hydrogen) atoms. The molecule has 0 radical (unpaired) electrons. The van der Waals surface area contributed by atoms with Crippen molar-refractivity contribution in [3.8, 4) is 0 Å². The maximum absolute atomic E-state index is 13.8. The minimum atomic E-state index is -0.167. The van der Waals surface area contributed by atoms with Crippen molar-refractivity contribution in [1.29, 1.82) is 0 Å². The SMILES string of the molecule is CN(Cc1cc(F)cc2cccnc12)C1CCCCCC1. The molecule has 1 fully saturated rings. The van der Waals surface area contributed by atoms with E-state index in [9.17, 15) is 4.39 Å². The van der Waals surface area contributed by atoms with Crippen LogP contribution < -0.4 is 0 Å². The number of fused-ring (bicyclic) bond motifs is 1. The lowest BCUT2D eigenvalue weighted by molar-refractivity contribution is 0.213. The molecule has 0 bridgehead atoms. The van der Waals surface area contributed by atoms with E-state index in [1.54, 1.807) is 18.3 Å². The quantitative estimate of drug-likeness (QED) is 0.771. The number of rotatable bonds is 3. The maximum Gasteiger partial charge on any atom is 0.124 e. The summed E-state index contributed by atoms with van der Waals surface area (Å²) in [6.07, 6.45) is 9.65. The highest BCUT2D eigenvalue weighted by Crippen LogP contribution is 2.24. The molecule has 112 valence electrons. The predicted molar refractivity (Wildman–Crippen MR) is 84.7 cm³/mol. The smallest absolute Gasteiger partial charge is 0.124 e. The van der Waals surface area contributed by atoms with Crippen molar-refractivity contribution in [3.63, 3.8) is 0 Å². The zero-order valence-electron chi connectivity index (χ0n) is 12.7. The van der Waals surface area contributed by atoms with E-state index in [0.29, 0.717) is 6.04 Å². The Morgan fingerprint density at radius 1 is 1.19 bits per heavy atom. The number of nitrogens with zero attached hydrogens (tertiary/aromatic N) is 2. The summed E-state index contributed by atoms with van der Waals surface area (Å²) in [6.45, 7) is 0.774. The summed E-state index contributed by atoms with van der Waals surface area (Å²) in [5, 5.41) is 0.891. The Kier molecular flexibility index (Phi) is 4.49. The lowest BCUT2D eigenvalue weighted by Crippen LogP contribution is -2.30. The van der Waals surface area contributed by atoms with E-state index in [1.807, 2.05) is 12.1 Å². The van der Waals surface area contributed by atoms with E-state index in [1.165, 1.54) is 38.5 Å². The van der Waals surface area contributed by atoms with Crippen molar-refractivity contribution in [2.45, 2.75) is 51.1 Å². The van der Waals surface area contributed by atoms with Gasteiger partial charge < -0.3 is 0 Å². The van der Waals surface area contributed by atoms with Gasteiger partial charge in [0.05, 0.1) is 5.52 Å². The van der Waals surface area contributed by atoms with Crippen LogP contribution in [0.3, 0.4) is 0 Å². The van der Waals surface area contributed by atoms with Crippen LogP contribution in [-0.2, 0) is 6.54 Å². The molecule has 2 aromatic rings. The lowest BCUT2D eigenvalue weighted by atomic mass is 10.0. The van der Waals surface area contributed by atoms with Gasteiger partial charge in [0.25, 0.3) is 0 Å². The van der Waals surface area contributed by atoms with Gasteiger partial charge in [0, 0.05) is 24.2 Å². The monoisotopic (exact) mass is 286 g/mol. The summed E-state index contributed by atoms with van der Waals surface area (Å²) < 4.78 is 13.8. The Morgan fingerprint density at radius 2 is 1.95 bits per heavy atom. The first-order chi connectivity index (χ1) is 10.2. The van der Waals surface area contributed by atoms with E-state index in [0.717, 1.165) is 23.0 Å². The number of halogens is 1. The second-order valence-electron chi connectivity index (χ2n) is 6.20. The van der Waals surface area contributed by atoms with E-state index in [-0.39, 0.29) is 5.82 Å². The van der Waals surface area contributed by atoms with Crippen LogP contribution in [0.1, 0.15) is 44.1 Å². The summed E-state index contributed by atoms with van der Waals surface area (Å²) >= 11 is 0. The largest absolute Gasteiger partial charge is 0.299 e. The molecule has 1 aliphatic rings. The van der Waals surface area contributed by atoms with Gasteiger partial charge in [-0.2, -0.15) is 0 Å². The van der Waals surface area contributed by atoms with E-state index in [2.05, 4.69) is 16.9 Å². The van der Waals surface area contributed by atoms with E-state index < -0.39 is 0 Å². The predicted octanol–water partition coefficient (Wildman–Crippen LogP) is 4.53. The lowest BCUT2D eigenvalue weighted by Gasteiger charge is -2.27. The highest BCUT2D eigenvalue weighted by atomic mass is 19.1. The van der Waals surface area contributed by atoms with E-state index >= 15 is 0 Å². The highest BCUT2D eigenvalue weighted by Gasteiger charge is 2.18. The second-order valence-corrected chi connectivity index (χ2v) is 6.20. The Bertz CT molecular complexity index is 603. The molecule has 0 aliphatic heterocycles. The van der Waals surface area contributed by atoms with Crippen LogP contribution in [0.2, 0.25) is 0 Å². The molecule has 0 unspecified atom stereocenters. The average molecular weight is 286 g/mol. The summed E-state index contributed by atoms with van der Waals surface area (Å²) in [4.78, 5) is 6.83. The third-order valence-electron chi connectivity index (χ3n) is 4.62. The molecule has 1 aliphatic carbocycles. The fourth-order valence-electron chi connectivity index (χ4n) is 3.44. The minimum absolute atomic E-state index is 0.167. The first-order valence-electron chi connectivity index (χ1n) is 7.97. The van der Waals surface area contributed by atoms with Crippen LogP contribution in [0.15, 0.2) is 30.5 Å². The maximum atomic E-state index is 13.8. The first kappa shape index (κ1) is 14.5. The number of hydrogen-bond acceptors (Lipinski definition) is 2. The third kappa shape index (κ3) is 3.41. The first-order valence-corrected chi connectivity index (χ1v) is 7.97. The zero-order valence-corrected chi connectivity index (χ0v) is 12.7. The van der Waals surface area contributed by atoms with Gasteiger partial charge in [-0.05, 0) is 43.7 Å². The third-order valence-corrected chi connectivity index (χ3v) is 4.62. The number of benzene rings is 1. The molecule has 0 spiro atoms. The van der Waals surface area contributed by atoms with Crippen molar-refractivity contribution < 1.29 is 4.39 Å². The fourth-order valence-corrected chi connectivity index (χ4v) is 3.44. The van der Waals surface area contributed by atoms with Crippen molar-refractivity contribution in [1.82, 2.24) is 9.88 Å². The minimum Gasteiger partial charge on any atom is -0.299 e. The normalized spacial score (nSPS) is 17.3. The van der Waals surface area contributed by atoms with Crippen LogP contribution in [0, 0.1) is 5.82 Å². The summed E-state index contributed by atoms with van der Waals surface area (Å²) in [7, 11) is 2.16. The summed E-state index contributed by atoms with van der Waals surface area (Å²) in [5.41, 5.74) is 1.93. The number of aromatic nitrogens is 1. The Labute approximate surface area is 126 Å². The molecule has 2 nitrogen and oxygen atoms in total. The standard InChI is InChI=1S/C18H23FN2/c1-21(17-8-4-2-3-5-9-17)13-15-12-16(19)11-14-7-6-10-20-18(14)15/h6-7,10-12,17H,2-5,8-9,13H2,1H3. The van der Waals surface area contributed by atoms with Crippen molar-refractivity contribution >= 4 is 10.9 Å². The Balaban J connectivity index is 1.83. The number of pyridine rings is 1. The molecule has 0 N–H and O–H groups in total. The van der Waals surface area contributed by atoms with Gasteiger partial charge in [0.2, 0.25) is 0 Å². The molecule has 0 saturated heterocycles. The van der Waals surface area contributed by atoms with Crippen LogP contribution in [-0.4, -0.2) is 23.0 Å². The Hall–Kier alpha value is -1.48. The van der Waals surface area contributed by atoms with E-state index in [4.69, 9.17) is 0 Å². The topological polar surface area (TPSA) is 16.1 Å².